The molecule has 0 aliphatic heterocycles. The van der Waals surface area contributed by atoms with Crippen molar-refractivity contribution in [3.8, 4) is 5.75 Å². The molecule has 0 aliphatic carbocycles. The molecule has 2 N–H and O–H groups in total. The van der Waals surface area contributed by atoms with Crippen molar-refractivity contribution < 1.29 is 14.3 Å². The molecule has 0 aliphatic rings. The quantitative estimate of drug-likeness (QED) is 0.456. The Morgan fingerprint density at radius 2 is 1.45 bits per heavy atom. The number of amides is 2. The molecule has 3 rings (SSSR count). The Hall–Kier alpha value is -2.64. The molecule has 0 spiro atoms. The van der Waals surface area contributed by atoms with Gasteiger partial charge in [0.05, 0.1) is 17.7 Å². The van der Waals surface area contributed by atoms with Gasteiger partial charge < -0.3 is 4.74 Å². The van der Waals surface area contributed by atoms with Gasteiger partial charge in [-0.1, -0.05) is 58.4 Å². The summed E-state index contributed by atoms with van der Waals surface area (Å²) in [6.45, 7) is 0.426. The first-order valence-electron chi connectivity index (χ1n) is 8.86. The van der Waals surface area contributed by atoms with Gasteiger partial charge in [0.2, 0.25) is 0 Å². The van der Waals surface area contributed by atoms with Crippen LogP contribution in [0.3, 0.4) is 0 Å². The van der Waals surface area contributed by atoms with Crippen LogP contribution in [0.25, 0.3) is 0 Å². The van der Waals surface area contributed by atoms with Gasteiger partial charge in [-0.25, -0.2) is 0 Å². The molecule has 0 bridgehead atoms. The third-order valence-corrected chi connectivity index (χ3v) is 5.27. The molecule has 0 unspecified atom stereocenters. The van der Waals surface area contributed by atoms with Gasteiger partial charge in [-0.05, 0) is 51.8 Å². The summed E-state index contributed by atoms with van der Waals surface area (Å²) in [5, 5.41) is 0. The second kappa shape index (κ2) is 10.2. The summed E-state index contributed by atoms with van der Waals surface area (Å²) < 4.78 is 7.20. The monoisotopic (exact) mass is 516 g/mol. The number of rotatable bonds is 6. The number of hydrogen-bond acceptors (Lipinski definition) is 3. The second-order valence-corrected chi connectivity index (χ2v) is 7.88. The summed E-state index contributed by atoms with van der Waals surface area (Å²) in [6.07, 6.45) is 0.719. The zero-order valence-electron chi connectivity index (χ0n) is 15.3. The molecule has 0 aromatic heterocycles. The third-order valence-electron chi connectivity index (χ3n) is 4.09. The molecule has 7 heteroatoms. The topological polar surface area (TPSA) is 67.4 Å². The van der Waals surface area contributed by atoms with E-state index in [-0.39, 0.29) is 0 Å². The molecule has 0 saturated carbocycles. The standard InChI is InChI=1S/C22H18Br2N2O3/c23-16-10-11-20(29-13-12-15-6-2-1-3-7-15)18(14-16)22(28)26-25-21(27)17-8-4-5-9-19(17)24/h1-11,14H,12-13H2,(H,25,27)(H,26,28). The van der Waals surface area contributed by atoms with E-state index in [1.54, 1.807) is 42.5 Å². The minimum Gasteiger partial charge on any atom is -0.492 e. The maximum Gasteiger partial charge on any atom is 0.273 e. The Kier molecular flexibility index (Phi) is 7.43. The molecule has 0 heterocycles. The Bertz CT molecular complexity index is 1010. The van der Waals surface area contributed by atoms with Crippen molar-refractivity contribution in [1.29, 1.82) is 0 Å². The van der Waals surface area contributed by atoms with Crippen molar-refractivity contribution in [2.75, 3.05) is 6.61 Å². The molecule has 3 aromatic carbocycles. The van der Waals surface area contributed by atoms with Crippen LogP contribution < -0.4 is 15.6 Å². The number of carbonyl (C=O) groups excluding carboxylic acids is 2. The van der Waals surface area contributed by atoms with Crippen LogP contribution in [0.1, 0.15) is 26.3 Å². The van der Waals surface area contributed by atoms with Gasteiger partial charge in [-0.2, -0.15) is 0 Å². The summed E-state index contributed by atoms with van der Waals surface area (Å²) in [5.41, 5.74) is 6.75. The normalized spacial score (nSPS) is 10.3. The van der Waals surface area contributed by atoms with Crippen molar-refractivity contribution in [2.24, 2.45) is 0 Å². The van der Waals surface area contributed by atoms with Gasteiger partial charge in [-0.3, -0.25) is 20.4 Å². The lowest BCUT2D eigenvalue weighted by Gasteiger charge is -2.13. The number of hydrogen-bond donors (Lipinski definition) is 2. The summed E-state index contributed by atoms with van der Waals surface area (Å²) in [6, 6.07) is 22.1. The number of carbonyl (C=O) groups is 2. The third kappa shape index (κ3) is 5.92. The lowest BCUT2D eigenvalue weighted by molar-refractivity contribution is 0.0844. The maximum absolute atomic E-state index is 12.6. The highest BCUT2D eigenvalue weighted by Gasteiger charge is 2.16. The van der Waals surface area contributed by atoms with E-state index in [0.717, 1.165) is 16.5 Å². The highest BCUT2D eigenvalue weighted by atomic mass is 79.9. The van der Waals surface area contributed by atoms with Gasteiger partial charge >= 0.3 is 0 Å². The Balaban J connectivity index is 1.64. The van der Waals surface area contributed by atoms with Gasteiger partial charge in [-0.15, -0.1) is 0 Å². The number of halogens is 2. The first-order chi connectivity index (χ1) is 14.0. The molecular formula is C22H18Br2N2O3. The van der Waals surface area contributed by atoms with E-state index >= 15 is 0 Å². The molecular weight excluding hydrogens is 500 g/mol. The first-order valence-corrected chi connectivity index (χ1v) is 10.4. The minimum absolute atomic E-state index is 0.319. The highest BCUT2D eigenvalue weighted by molar-refractivity contribution is 9.10. The molecule has 29 heavy (non-hydrogen) atoms. The average molecular weight is 518 g/mol. The van der Waals surface area contributed by atoms with Crippen LogP contribution in [0, 0.1) is 0 Å². The molecule has 0 fully saturated rings. The smallest absolute Gasteiger partial charge is 0.273 e. The van der Waals surface area contributed by atoms with Gasteiger partial charge in [0.1, 0.15) is 5.75 Å². The van der Waals surface area contributed by atoms with Crippen molar-refractivity contribution in [3.05, 3.63) is 98.4 Å². The SMILES string of the molecule is O=C(NNC(=O)c1cc(Br)ccc1OCCc1ccccc1)c1ccccc1Br. The fraction of sp³-hybridized carbons (Fsp3) is 0.0909. The molecule has 3 aromatic rings. The van der Waals surface area contributed by atoms with Crippen LogP contribution in [-0.4, -0.2) is 18.4 Å². The fourth-order valence-corrected chi connectivity index (χ4v) is 3.45. The second-order valence-electron chi connectivity index (χ2n) is 6.11. The number of benzene rings is 3. The molecule has 5 nitrogen and oxygen atoms in total. The number of ether oxygens (including phenoxy) is 1. The van der Waals surface area contributed by atoms with E-state index in [4.69, 9.17) is 4.74 Å². The Morgan fingerprint density at radius 3 is 2.17 bits per heavy atom. The highest BCUT2D eigenvalue weighted by Crippen LogP contribution is 2.23. The van der Waals surface area contributed by atoms with E-state index in [1.807, 2.05) is 30.3 Å². The molecule has 0 saturated heterocycles. The van der Waals surface area contributed by atoms with Crippen molar-refractivity contribution >= 4 is 43.7 Å². The zero-order valence-corrected chi connectivity index (χ0v) is 18.5. The van der Waals surface area contributed by atoms with Crippen molar-refractivity contribution in [3.63, 3.8) is 0 Å². The van der Waals surface area contributed by atoms with Gasteiger partial charge in [0.25, 0.3) is 11.8 Å². The zero-order chi connectivity index (χ0) is 20.6. The Labute approximate surface area is 185 Å². The minimum atomic E-state index is -0.471. The van der Waals surface area contributed by atoms with E-state index < -0.39 is 11.8 Å². The summed E-state index contributed by atoms with van der Waals surface area (Å²) >= 11 is 6.68. The van der Waals surface area contributed by atoms with E-state index in [2.05, 4.69) is 42.7 Å². The molecule has 0 atom stereocenters. The summed E-state index contributed by atoms with van der Waals surface area (Å²) in [4.78, 5) is 24.9. The van der Waals surface area contributed by atoms with Crippen LogP contribution in [0.15, 0.2) is 81.7 Å². The lowest BCUT2D eigenvalue weighted by Crippen LogP contribution is -2.41. The summed E-state index contributed by atoms with van der Waals surface area (Å²) in [7, 11) is 0. The van der Waals surface area contributed by atoms with E-state index in [0.29, 0.717) is 28.0 Å². The van der Waals surface area contributed by atoms with Crippen LogP contribution in [-0.2, 0) is 6.42 Å². The largest absolute Gasteiger partial charge is 0.492 e. The van der Waals surface area contributed by atoms with E-state index in [1.165, 1.54) is 0 Å². The fourth-order valence-electron chi connectivity index (χ4n) is 2.62. The van der Waals surface area contributed by atoms with Gasteiger partial charge in [0, 0.05) is 15.4 Å². The molecule has 2 amide bonds. The summed E-state index contributed by atoms with van der Waals surface area (Å²) in [5.74, 6) is -0.453. The van der Waals surface area contributed by atoms with Crippen LogP contribution in [0.4, 0.5) is 0 Å². The van der Waals surface area contributed by atoms with Crippen molar-refractivity contribution in [1.82, 2.24) is 10.9 Å². The van der Waals surface area contributed by atoms with Crippen molar-refractivity contribution in [2.45, 2.75) is 6.42 Å². The van der Waals surface area contributed by atoms with Crippen LogP contribution in [0.2, 0.25) is 0 Å². The lowest BCUT2D eigenvalue weighted by atomic mass is 10.1. The molecule has 0 radical (unpaired) electrons. The van der Waals surface area contributed by atoms with Gasteiger partial charge in [0.15, 0.2) is 0 Å². The van der Waals surface area contributed by atoms with E-state index in [9.17, 15) is 9.59 Å². The first kappa shape index (κ1) is 21.1. The Morgan fingerprint density at radius 1 is 0.793 bits per heavy atom. The molecule has 148 valence electrons. The predicted octanol–water partition coefficient (Wildman–Crippen LogP) is 4.91. The number of nitrogens with one attached hydrogen (secondary N) is 2. The predicted molar refractivity (Wildman–Crippen MR) is 119 cm³/mol. The maximum atomic E-state index is 12.6. The van der Waals surface area contributed by atoms with Crippen LogP contribution in [0.5, 0.6) is 5.75 Å². The number of hydrazine groups is 1. The average Bonchev–Trinajstić information content (AvgIpc) is 2.74. The van der Waals surface area contributed by atoms with Crippen LogP contribution >= 0.6 is 31.9 Å².